The molecule has 0 aliphatic carbocycles. The molecule has 0 bridgehead atoms. The lowest BCUT2D eigenvalue weighted by Gasteiger charge is -2.30. The minimum Gasteiger partial charge on any atom is -0.339 e. The van der Waals surface area contributed by atoms with E-state index in [9.17, 15) is 4.79 Å². The third kappa shape index (κ3) is 5.61. The Morgan fingerprint density at radius 1 is 0.727 bits per heavy atom. The molecule has 1 amide bonds. The summed E-state index contributed by atoms with van der Waals surface area (Å²) >= 11 is 0. The largest absolute Gasteiger partial charge is 0.339 e. The second-order valence-corrected chi connectivity index (χ2v) is 8.66. The third-order valence-corrected chi connectivity index (χ3v) is 6.60. The van der Waals surface area contributed by atoms with Crippen LogP contribution in [-0.4, -0.2) is 41.9 Å². The normalized spacial score (nSPS) is 14.2. The van der Waals surface area contributed by atoms with Gasteiger partial charge in [-0.2, -0.15) is 0 Å². The highest BCUT2D eigenvalue weighted by atomic mass is 16.2. The highest BCUT2D eigenvalue weighted by Gasteiger charge is 2.20. The molecule has 1 heterocycles. The van der Waals surface area contributed by atoms with Crippen LogP contribution in [0.2, 0.25) is 0 Å². The molecule has 1 saturated heterocycles. The Morgan fingerprint density at radius 2 is 1.24 bits per heavy atom. The van der Waals surface area contributed by atoms with Crippen LogP contribution in [-0.2, 0) is 6.54 Å². The number of carbonyl (C=O) groups is 1. The van der Waals surface area contributed by atoms with Crippen molar-refractivity contribution in [2.24, 2.45) is 0 Å². The molecule has 3 aromatic carbocycles. The molecule has 4 rings (SSSR count). The Kier molecular flexibility index (Phi) is 7.74. The van der Waals surface area contributed by atoms with Crippen LogP contribution >= 0.6 is 0 Å². The highest BCUT2D eigenvalue weighted by molar-refractivity contribution is 5.95. The van der Waals surface area contributed by atoms with Gasteiger partial charge in [-0.3, -0.25) is 9.69 Å². The molecule has 0 saturated carbocycles. The fourth-order valence-corrected chi connectivity index (χ4v) is 4.73. The number of nitrogens with zero attached hydrogens (tertiary/aromatic N) is 2. The smallest absolute Gasteiger partial charge is 0.253 e. The summed E-state index contributed by atoms with van der Waals surface area (Å²) in [6, 6.07) is 29.7. The molecule has 3 aromatic rings. The second kappa shape index (κ2) is 11.1. The summed E-state index contributed by atoms with van der Waals surface area (Å²) in [4.78, 5) is 17.2. The van der Waals surface area contributed by atoms with Crippen molar-refractivity contribution in [2.75, 3.05) is 26.2 Å². The molecule has 170 valence electrons. The number of amides is 1. The van der Waals surface area contributed by atoms with Crippen LogP contribution in [0.5, 0.6) is 0 Å². The summed E-state index contributed by atoms with van der Waals surface area (Å²) in [5, 5.41) is 0. The zero-order valence-electron chi connectivity index (χ0n) is 19.8. The number of hydrogen-bond acceptors (Lipinski definition) is 2. The SMILES string of the molecule is CCN(CC)C(=O)c1ccc(C(=C2CCN(Cc3ccccc3)CC2)c2ccccc2)cc1. The fraction of sp³-hybridized carbons (Fsp3) is 0.300. The molecule has 0 aromatic heterocycles. The monoisotopic (exact) mass is 438 g/mol. The average molecular weight is 439 g/mol. The second-order valence-electron chi connectivity index (χ2n) is 8.66. The van der Waals surface area contributed by atoms with Crippen LogP contribution in [0.1, 0.15) is 53.7 Å². The number of rotatable bonds is 7. The predicted octanol–water partition coefficient (Wildman–Crippen LogP) is 6.27. The van der Waals surface area contributed by atoms with E-state index in [1.54, 1.807) is 0 Å². The zero-order valence-corrected chi connectivity index (χ0v) is 19.8. The maximum atomic E-state index is 12.8. The summed E-state index contributed by atoms with van der Waals surface area (Å²) in [7, 11) is 0. The molecule has 0 radical (unpaired) electrons. The van der Waals surface area contributed by atoms with Crippen LogP contribution < -0.4 is 0 Å². The van der Waals surface area contributed by atoms with E-state index in [2.05, 4.69) is 77.7 Å². The van der Waals surface area contributed by atoms with Crippen LogP contribution in [0.25, 0.3) is 5.57 Å². The molecular formula is C30H34N2O. The molecule has 0 N–H and O–H groups in total. The van der Waals surface area contributed by atoms with Gasteiger partial charge in [0.1, 0.15) is 0 Å². The molecular weight excluding hydrogens is 404 g/mol. The van der Waals surface area contributed by atoms with Crippen LogP contribution in [0.15, 0.2) is 90.5 Å². The minimum absolute atomic E-state index is 0.106. The van der Waals surface area contributed by atoms with E-state index in [4.69, 9.17) is 0 Å². The van der Waals surface area contributed by atoms with E-state index in [0.717, 1.165) is 51.1 Å². The van der Waals surface area contributed by atoms with Gasteiger partial charge in [0.05, 0.1) is 0 Å². The molecule has 1 aliphatic rings. The van der Waals surface area contributed by atoms with Gasteiger partial charge in [-0.1, -0.05) is 78.4 Å². The predicted molar refractivity (Wildman–Crippen MR) is 137 cm³/mol. The van der Waals surface area contributed by atoms with E-state index in [1.807, 2.05) is 30.9 Å². The molecule has 1 fully saturated rings. The summed E-state index contributed by atoms with van der Waals surface area (Å²) in [6.45, 7) is 8.66. The standard InChI is InChI=1S/C30H34N2O/c1-3-32(4-2)30(33)28-17-15-26(16-18-28)29(25-13-9-6-10-14-25)27-19-21-31(22-20-27)23-24-11-7-5-8-12-24/h5-18H,3-4,19-23H2,1-2H3. The Bertz CT molecular complexity index is 1060. The maximum Gasteiger partial charge on any atom is 0.253 e. The van der Waals surface area contributed by atoms with Crippen molar-refractivity contribution in [1.29, 1.82) is 0 Å². The number of piperidine rings is 1. The van der Waals surface area contributed by atoms with Crippen molar-refractivity contribution >= 4 is 11.5 Å². The first-order valence-corrected chi connectivity index (χ1v) is 12.1. The van der Waals surface area contributed by atoms with Crippen molar-refractivity contribution in [2.45, 2.75) is 33.2 Å². The first-order chi connectivity index (χ1) is 16.2. The Hall–Kier alpha value is -3.17. The Labute approximate surface area is 198 Å². The van der Waals surface area contributed by atoms with E-state index < -0.39 is 0 Å². The zero-order chi connectivity index (χ0) is 23.0. The molecule has 0 atom stereocenters. The van der Waals surface area contributed by atoms with Gasteiger partial charge in [-0.25, -0.2) is 0 Å². The van der Waals surface area contributed by atoms with Gasteiger partial charge in [0.15, 0.2) is 0 Å². The lowest BCUT2D eigenvalue weighted by molar-refractivity contribution is 0.0773. The lowest BCUT2D eigenvalue weighted by atomic mass is 9.88. The summed E-state index contributed by atoms with van der Waals surface area (Å²) in [6.07, 6.45) is 2.13. The van der Waals surface area contributed by atoms with Crippen molar-refractivity contribution in [3.8, 4) is 0 Å². The maximum absolute atomic E-state index is 12.8. The molecule has 3 heteroatoms. The third-order valence-electron chi connectivity index (χ3n) is 6.60. The molecule has 33 heavy (non-hydrogen) atoms. The Morgan fingerprint density at radius 3 is 1.82 bits per heavy atom. The summed E-state index contributed by atoms with van der Waals surface area (Å²) < 4.78 is 0. The molecule has 0 unspecified atom stereocenters. The van der Waals surface area contributed by atoms with Gasteiger partial charge in [-0.05, 0) is 61.1 Å². The van der Waals surface area contributed by atoms with Crippen molar-refractivity contribution in [1.82, 2.24) is 9.80 Å². The molecule has 1 aliphatic heterocycles. The van der Waals surface area contributed by atoms with Crippen molar-refractivity contribution < 1.29 is 4.79 Å². The summed E-state index contributed by atoms with van der Waals surface area (Å²) in [5.41, 5.74) is 7.43. The van der Waals surface area contributed by atoms with Gasteiger partial charge >= 0.3 is 0 Å². The first kappa shape index (κ1) is 23.0. The number of benzene rings is 3. The number of hydrogen-bond donors (Lipinski definition) is 0. The van der Waals surface area contributed by atoms with E-state index in [-0.39, 0.29) is 5.91 Å². The van der Waals surface area contributed by atoms with E-state index in [0.29, 0.717) is 0 Å². The Balaban J connectivity index is 1.58. The lowest BCUT2D eigenvalue weighted by Crippen LogP contribution is -2.30. The van der Waals surface area contributed by atoms with Gasteiger partial charge in [0.2, 0.25) is 0 Å². The van der Waals surface area contributed by atoms with Crippen LogP contribution in [0, 0.1) is 0 Å². The fourth-order valence-electron chi connectivity index (χ4n) is 4.73. The van der Waals surface area contributed by atoms with Crippen LogP contribution in [0.3, 0.4) is 0 Å². The van der Waals surface area contributed by atoms with Crippen LogP contribution in [0.4, 0.5) is 0 Å². The van der Waals surface area contributed by atoms with Crippen molar-refractivity contribution in [3.05, 3.63) is 113 Å². The van der Waals surface area contributed by atoms with Crippen molar-refractivity contribution in [3.63, 3.8) is 0 Å². The van der Waals surface area contributed by atoms with Gasteiger partial charge in [-0.15, -0.1) is 0 Å². The summed E-state index contributed by atoms with van der Waals surface area (Å²) in [5.74, 6) is 0.106. The number of likely N-dealkylation sites (tertiary alicyclic amines) is 1. The molecule has 0 spiro atoms. The van der Waals surface area contributed by atoms with E-state index >= 15 is 0 Å². The van der Waals surface area contributed by atoms with E-state index in [1.165, 1.54) is 27.8 Å². The average Bonchev–Trinajstić information content (AvgIpc) is 2.88. The minimum atomic E-state index is 0.106. The van der Waals surface area contributed by atoms with Gasteiger partial charge in [0, 0.05) is 38.3 Å². The topological polar surface area (TPSA) is 23.6 Å². The molecule has 3 nitrogen and oxygen atoms in total. The van der Waals surface area contributed by atoms with Gasteiger partial charge < -0.3 is 4.90 Å². The quantitative estimate of drug-likeness (QED) is 0.434. The highest BCUT2D eigenvalue weighted by Crippen LogP contribution is 2.33. The number of carbonyl (C=O) groups excluding carboxylic acids is 1. The first-order valence-electron chi connectivity index (χ1n) is 12.1. The van der Waals surface area contributed by atoms with Gasteiger partial charge in [0.25, 0.3) is 5.91 Å².